The second-order valence-electron chi connectivity index (χ2n) is 3.04. The number of rotatable bonds is 2. The van der Waals surface area contributed by atoms with Crippen molar-refractivity contribution in [3.8, 4) is 17.0 Å². The van der Waals surface area contributed by atoms with Crippen molar-refractivity contribution in [2.75, 3.05) is 12.8 Å². The molecule has 0 aliphatic carbocycles. The number of nitrogens with zero attached hydrogens (tertiary/aromatic N) is 3. The quantitative estimate of drug-likeness (QED) is 0.824. The third-order valence-corrected chi connectivity index (χ3v) is 1.99. The molecule has 0 fully saturated rings. The lowest BCUT2D eigenvalue weighted by Crippen LogP contribution is -1.99. The first-order chi connectivity index (χ1) is 7.70. The van der Waals surface area contributed by atoms with Gasteiger partial charge in [-0.3, -0.25) is 4.98 Å². The molecule has 82 valence electrons. The number of halogens is 1. The lowest BCUT2D eigenvalue weighted by atomic mass is 10.2. The number of anilines is 1. The van der Waals surface area contributed by atoms with Gasteiger partial charge in [0.15, 0.2) is 5.82 Å². The van der Waals surface area contributed by atoms with E-state index in [9.17, 15) is 4.39 Å². The largest absolute Gasteiger partial charge is 0.495 e. The number of hydrogen-bond donors (Lipinski definition) is 1. The van der Waals surface area contributed by atoms with Gasteiger partial charge in [-0.2, -0.15) is 0 Å². The van der Waals surface area contributed by atoms with E-state index in [-0.39, 0.29) is 11.6 Å². The van der Waals surface area contributed by atoms with Gasteiger partial charge in [-0.05, 0) is 6.07 Å². The van der Waals surface area contributed by atoms with Gasteiger partial charge < -0.3 is 10.5 Å². The highest BCUT2D eigenvalue weighted by Crippen LogP contribution is 2.23. The summed E-state index contributed by atoms with van der Waals surface area (Å²) >= 11 is 0. The van der Waals surface area contributed by atoms with Crippen LogP contribution in [0.2, 0.25) is 0 Å². The average molecular weight is 220 g/mol. The minimum absolute atomic E-state index is 0.0132. The summed E-state index contributed by atoms with van der Waals surface area (Å²) in [4.78, 5) is 11.3. The van der Waals surface area contributed by atoms with E-state index < -0.39 is 5.82 Å². The van der Waals surface area contributed by atoms with Crippen molar-refractivity contribution in [2.45, 2.75) is 0 Å². The summed E-state index contributed by atoms with van der Waals surface area (Å²) in [5.41, 5.74) is 6.00. The molecule has 0 saturated carbocycles. The monoisotopic (exact) mass is 220 g/mol. The second-order valence-corrected chi connectivity index (χ2v) is 3.04. The van der Waals surface area contributed by atoms with Crippen LogP contribution in [0.4, 0.5) is 10.3 Å². The highest BCUT2D eigenvalue weighted by atomic mass is 19.1. The van der Waals surface area contributed by atoms with Gasteiger partial charge in [-0.25, -0.2) is 14.4 Å². The van der Waals surface area contributed by atoms with Crippen LogP contribution in [0, 0.1) is 5.82 Å². The fraction of sp³-hybridized carbons (Fsp3) is 0.100. The number of nitrogens with two attached hydrogens (primary N) is 1. The van der Waals surface area contributed by atoms with Crippen LogP contribution in [-0.4, -0.2) is 22.1 Å². The Morgan fingerprint density at radius 1 is 1.31 bits per heavy atom. The van der Waals surface area contributed by atoms with Crippen molar-refractivity contribution >= 4 is 5.95 Å². The zero-order valence-electron chi connectivity index (χ0n) is 8.51. The molecule has 0 unspecified atom stereocenters. The van der Waals surface area contributed by atoms with Gasteiger partial charge in [0.05, 0.1) is 19.5 Å². The Labute approximate surface area is 91.1 Å². The van der Waals surface area contributed by atoms with Crippen molar-refractivity contribution in [2.24, 2.45) is 0 Å². The summed E-state index contributed by atoms with van der Waals surface area (Å²) in [6.07, 6.45) is 4.02. The first-order valence-corrected chi connectivity index (χ1v) is 4.48. The van der Waals surface area contributed by atoms with Gasteiger partial charge in [0.1, 0.15) is 11.4 Å². The van der Waals surface area contributed by atoms with Crippen molar-refractivity contribution in [3.05, 3.63) is 30.5 Å². The van der Waals surface area contributed by atoms with Gasteiger partial charge in [-0.1, -0.05) is 0 Å². The minimum Gasteiger partial charge on any atom is -0.495 e. The molecule has 0 bridgehead atoms. The minimum atomic E-state index is -0.552. The third-order valence-electron chi connectivity index (χ3n) is 1.99. The highest BCUT2D eigenvalue weighted by Gasteiger charge is 2.09. The number of nitrogen functional groups attached to an aromatic ring is 1. The molecule has 16 heavy (non-hydrogen) atoms. The Morgan fingerprint density at radius 2 is 2.12 bits per heavy atom. The number of ether oxygens (including phenoxy) is 1. The SMILES string of the molecule is COc1cncc(-c2nc(N)ncc2F)c1. The van der Waals surface area contributed by atoms with E-state index in [1.165, 1.54) is 19.5 Å². The van der Waals surface area contributed by atoms with Crippen molar-refractivity contribution in [1.82, 2.24) is 15.0 Å². The van der Waals surface area contributed by atoms with Gasteiger partial charge >= 0.3 is 0 Å². The van der Waals surface area contributed by atoms with Crippen LogP contribution in [-0.2, 0) is 0 Å². The molecule has 0 spiro atoms. The van der Waals surface area contributed by atoms with Crippen LogP contribution in [0.3, 0.4) is 0 Å². The summed E-state index contributed by atoms with van der Waals surface area (Å²) in [5.74, 6) is -0.0162. The van der Waals surface area contributed by atoms with Gasteiger partial charge in [0, 0.05) is 11.8 Å². The van der Waals surface area contributed by atoms with Gasteiger partial charge in [-0.15, -0.1) is 0 Å². The van der Waals surface area contributed by atoms with E-state index in [0.29, 0.717) is 11.3 Å². The Hall–Kier alpha value is -2.24. The summed E-state index contributed by atoms with van der Waals surface area (Å²) < 4.78 is 18.4. The molecular weight excluding hydrogens is 211 g/mol. The fourth-order valence-corrected chi connectivity index (χ4v) is 1.24. The van der Waals surface area contributed by atoms with Gasteiger partial charge in [0.25, 0.3) is 0 Å². The molecule has 0 amide bonds. The molecule has 0 aromatic carbocycles. The van der Waals surface area contributed by atoms with Crippen LogP contribution < -0.4 is 10.5 Å². The molecule has 2 N–H and O–H groups in total. The molecule has 0 saturated heterocycles. The van der Waals surface area contributed by atoms with Crippen LogP contribution in [0.15, 0.2) is 24.7 Å². The molecule has 0 atom stereocenters. The summed E-state index contributed by atoms with van der Waals surface area (Å²) in [6, 6.07) is 1.62. The van der Waals surface area contributed by atoms with E-state index in [4.69, 9.17) is 10.5 Å². The maximum absolute atomic E-state index is 13.4. The lowest BCUT2D eigenvalue weighted by Gasteiger charge is -2.04. The molecule has 0 radical (unpaired) electrons. The first-order valence-electron chi connectivity index (χ1n) is 4.48. The van der Waals surface area contributed by atoms with Gasteiger partial charge in [0.2, 0.25) is 5.95 Å². The normalized spacial score (nSPS) is 10.1. The average Bonchev–Trinajstić information content (AvgIpc) is 2.32. The molecule has 2 aromatic heterocycles. The Morgan fingerprint density at radius 3 is 2.88 bits per heavy atom. The molecule has 6 heteroatoms. The molecule has 0 aliphatic heterocycles. The van der Waals surface area contributed by atoms with E-state index >= 15 is 0 Å². The summed E-state index contributed by atoms with van der Waals surface area (Å²) in [6.45, 7) is 0. The predicted molar refractivity (Wildman–Crippen MR) is 56.2 cm³/mol. The Balaban J connectivity index is 2.53. The zero-order valence-corrected chi connectivity index (χ0v) is 8.51. The zero-order chi connectivity index (χ0) is 11.5. The summed E-state index contributed by atoms with van der Waals surface area (Å²) in [5, 5.41) is 0. The maximum Gasteiger partial charge on any atom is 0.220 e. The Kier molecular flexibility index (Phi) is 2.63. The lowest BCUT2D eigenvalue weighted by molar-refractivity contribution is 0.413. The number of aromatic nitrogens is 3. The van der Waals surface area contributed by atoms with E-state index in [2.05, 4.69) is 15.0 Å². The smallest absolute Gasteiger partial charge is 0.220 e. The molecule has 2 heterocycles. The first kappa shape index (κ1) is 10.3. The van der Waals surface area contributed by atoms with E-state index in [0.717, 1.165) is 6.20 Å². The van der Waals surface area contributed by atoms with Crippen LogP contribution >= 0.6 is 0 Å². The Bertz CT molecular complexity index is 518. The number of pyridine rings is 1. The molecular formula is C10H9FN4O. The highest BCUT2D eigenvalue weighted by molar-refractivity contribution is 5.60. The molecule has 2 rings (SSSR count). The molecule has 0 aliphatic rings. The fourth-order valence-electron chi connectivity index (χ4n) is 1.24. The van der Waals surface area contributed by atoms with Crippen LogP contribution in [0.25, 0.3) is 11.3 Å². The standard InChI is InChI=1S/C10H9FN4O/c1-16-7-2-6(3-13-4-7)9-8(11)5-14-10(12)15-9/h2-5H,1H3,(H2,12,14,15). The molecule has 5 nitrogen and oxygen atoms in total. The van der Waals surface area contributed by atoms with Crippen molar-refractivity contribution < 1.29 is 9.13 Å². The maximum atomic E-state index is 13.4. The topological polar surface area (TPSA) is 73.9 Å². The van der Waals surface area contributed by atoms with Crippen molar-refractivity contribution in [3.63, 3.8) is 0 Å². The summed E-state index contributed by atoms with van der Waals surface area (Å²) in [7, 11) is 1.51. The second kappa shape index (κ2) is 4.09. The predicted octanol–water partition coefficient (Wildman–Crippen LogP) is 1.27. The third kappa shape index (κ3) is 1.90. The van der Waals surface area contributed by atoms with Crippen LogP contribution in [0.5, 0.6) is 5.75 Å². The number of hydrogen-bond acceptors (Lipinski definition) is 5. The van der Waals surface area contributed by atoms with E-state index in [1.54, 1.807) is 6.07 Å². The van der Waals surface area contributed by atoms with E-state index in [1.807, 2.05) is 0 Å². The number of methoxy groups -OCH3 is 1. The van der Waals surface area contributed by atoms with Crippen molar-refractivity contribution in [1.29, 1.82) is 0 Å². The van der Waals surface area contributed by atoms with Crippen LogP contribution in [0.1, 0.15) is 0 Å². The molecule has 2 aromatic rings.